The molecule has 1 saturated heterocycles. The lowest BCUT2D eigenvalue weighted by Gasteiger charge is -2.39. The minimum absolute atomic E-state index is 0.447. The molecular weight excluding hydrogens is 240 g/mol. The molecular formula is C10H10F4N2O. The van der Waals surface area contributed by atoms with Crippen molar-refractivity contribution in [2.75, 3.05) is 13.1 Å². The summed E-state index contributed by atoms with van der Waals surface area (Å²) in [7, 11) is 0. The highest BCUT2D eigenvalue weighted by Crippen LogP contribution is 2.30. The van der Waals surface area contributed by atoms with E-state index >= 15 is 0 Å². The first-order valence-corrected chi connectivity index (χ1v) is 4.86. The van der Waals surface area contributed by atoms with Gasteiger partial charge >= 0.3 is 6.36 Å². The number of rotatable bonds is 2. The van der Waals surface area contributed by atoms with E-state index in [1.807, 2.05) is 0 Å². The third kappa shape index (κ3) is 2.50. The van der Waals surface area contributed by atoms with Crippen molar-refractivity contribution >= 4 is 0 Å². The molecule has 0 aromatic heterocycles. The van der Waals surface area contributed by atoms with E-state index in [-0.39, 0.29) is 0 Å². The van der Waals surface area contributed by atoms with E-state index in [4.69, 9.17) is 5.73 Å². The van der Waals surface area contributed by atoms with Crippen LogP contribution < -0.4 is 15.8 Å². The second-order valence-electron chi connectivity index (χ2n) is 3.95. The van der Waals surface area contributed by atoms with Gasteiger partial charge in [0, 0.05) is 13.1 Å². The largest absolute Gasteiger partial charge is 0.573 e. The van der Waals surface area contributed by atoms with Crippen LogP contribution in [0.3, 0.4) is 0 Å². The molecule has 3 nitrogen and oxygen atoms in total. The number of hydrogen-bond donors (Lipinski definition) is 2. The van der Waals surface area contributed by atoms with Crippen LogP contribution in [0.1, 0.15) is 5.56 Å². The van der Waals surface area contributed by atoms with Crippen molar-refractivity contribution in [1.82, 2.24) is 5.32 Å². The number of nitrogens with one attached hydrogen (secondary N) is 1. The summed E-state index contributed by atoms with van der Waals surface area (Å²) >= 11 is 0. The van der Waals surface area contributed by atoms with E-state index in [1.54, 1.807) is 0 Å². The average molecular weight is 250 g/mol. The predicted molar refractivity (Wildman–Crippen MR) is 51.8 cm³/mol. The number of halogens is 4. The fraction of sp³-hybridized carbons (Fsp3) is 0.400. The molecule has 1 aromatic rings. The van der Waals surface area contributed by atoms with E-state index in [2.05, 4.69) is 10.1 Å². The highest BCUT2D eigenvalue weighted by atomic mass is 19.4. The Morgan fingerprint density at radius 3 is 2.35 bits per heavy atom. The summed E-state index contributed by atoms with van der Waals surface area (Å²) in [6.45, 7) is 0.928. The lowest BCUT2D eigenvalue weighted by Crippen LogP contribution is -2.62. The van der Waals surface area contributed by atoms with Gasteiger partial charge in [0.2, 0.25) is 0 Å². The Morgan fingerprint density at radius 2 is 1.94 bits per heavy atom. The molecule has 1 aliphatic rings. The quantitative estimate of drug-likeness (QED) is 0.781. The Hall–Kier alpha value is -1.34. The van der Waals surface area contributed by atoms with Crippen LogP contribution in [-0.4, -0.2) is 19.5 Å². The van der Waals surface area contributed by atoms with E-state index < -0.39 is 23.5 Å². The van der Waals surface area contributed by atoms with Crippen molar-refractivity contribution in [3.8, 4) is 5.75 Å². The zero-order valence-corrected chi connectivity index (χ0v) is 8.64. The van der Waals surface area contributed by atoms with Crippen LogP contribution in [-0.2, 0) is 5.54 Å². The van der Waals surface area contributed by atoms with Crippen LogP contribution in [0.2, 0.25) is 0 Å². The molecule has 7 heteroatoms. The average Bonchev–Trinajstić information content (AvgIpc) is 2.15. The van der Waals surface area contributed by atoms with Crippen LogP contribution >= 0.6 is 0 Å². The minimum Gasteiger partial charge on any atom is -0.403 e. The van der Waals surface area contributed by atoms with E-state index in [0.29, 0.717) is 18.7 Å². The topological polar surface area (TPSA) is 47.3 Å². The maximum absolute atomic E-state index is 13.4. The molecule has 94 valence electrons. The lowest BCUT2D eigenvalue weighted by atomic mass is 9.85. The SMILES string of the molecule is NC1(c2ccc(OC(F)(F)F)c(F)c2)CNC1. The maximum Gasteiger partial charge on any atom is 0.573 e. The van der Waals surface area contributed by atoms with Crippen molar-refractivity contribution in [2.45, 2.75) is 11.9 Å². The van der Waals surface area contributed by atoms with Gasteiger partial charge in [-0.3, -0.25) is 0 Å². The highest BCUT2D eigenvalue weighted by molar-refractivity contribution is 5.35. The lowest BCUT2D eigenvalue weighted by molar-refractivity contribution is -0.275. The fourth-order valence-corrected chi connectivity index (χ4v) is 1.62. The fourth-order valence-electron chi connectivity index (χ4n) is 1.62. The van der Waals surface area contributed by atoms with Gasteiger partial charge < -0.3 is 15.8 Å². The predicted octanol–water partition coefficient (Wildman–Crippen LogP) is 1.48. The standard InChI is InChI=1S/C10H10F4N2O/c11-7-3-6(9(15)4-16-5-9)1-2-8(7)17-10(12,13)14/h1-3,16H,4-5,15H2. The molecule has 0 bridgehead atoms. The van der Waals surface area contributed by atoms with Crippen LogP contribution in [0.25, 0.3) is 0 Å². The van der Waals surface area contributed by atoms with E-state index in [9.17, 15) is 17.6 Å². The Kier molecular flexibility index (Phi) is 2.75. The molecule has 0 aliphatic carbocycles. The first-order chi connectivity index (χ1) is 7.80. The van der Waals surface area contributed by atoms with Gasteiger partial charge in [-0.15, -0.1) is 13.2 Å². The minimum atomic E-state index is -4.90. The zero-order chi connectivity index (χ0) is 12.7. The van der Waals surface area contributed by atoms with Crippen molar-refractivity contribution in [1.29, 1.82) is 0 Å². The van der Waals surface area contributed by atoms with Gasteiger partial charge in [-0.1, -0.05) is 6.07 Å². The van der Waals surface area contributed by atoms with Crippen LogP contribution in [0.5, 0.6) is 5.75 Å². The molecule has 0 saturated carbocycles. The molecule has 0 radical (unpaired) electrons. The van der Waals surface area contributed by atoms with Gasteiger partial charge in [0.1, 0.15) is 0 Å². The van der Waals surface area contributed by atoms with Crippen LogP contribution in [0.15, 0.2) is 18.2 Å². The van der Waals surface area contributed by atoms with Crippen molar-refractivity contribution in [2.24, 2.45) is 5.73 Å². The number of hydrogen-bond acceptors (Lipinski definition) is 3. The Bertz CT molecular complexity index is 429. The zero-order valence-electron chi connectivity index (χ0n) is 8.64. The Balaban J connectivity index is 2.23. The Morgan fingerprint density at radius 1 is 1.29 bits per heavy atom. The highest BCUT2D eigenvalue weighted by Gasteiger charge is 2.36. The maximum atomic E-state index is 13.4. The molecule has 1 aliphatic heterocycles. The molecule has 0 spiro atoms. The monoisotopic (exact) mass is 250 g/mol. The summed E-state index contributed by atoms with van der Waals surface area (Å²) in [5.41, 5.74) is 5.61. The number of ether oxygens (including phenoxy) is 1. The van der Waals surface area contributed by atoms with Gasteiger partial charge in [-0.05, 0) is 17.7 Å². The molecule has 0 atom stereocenters. The van der Waals surface area contributed by atoms with Crippen LogP contribution in [0.4, 0.5) is 17.6 Å². The normalized spacial score (nSPS) is 18.6. The summed E-state index contributed by atoms with van der Waals surface area (Å²) in [6, 6.07) is 3.25. The van der Waals surface area contributed by atoms with E-state index in [1.165, 1.54) is 6.07 Å². The van der Waals surface area contributed by atoms with E-state index in [0.717, 1.165) is 12.1 Å². The van der Waals surface area contributed by atoms with Gasteiger partial charge in [-0.2, -0.15) is 0 Å². The third-order valence-corrected chi connectivity index (χ3v) is 2.61. The molecule has 0 amide bonds. The molecule has 1 heterocycles. The van der Waals surface area contributed by atoms with Crippen molar-refractivity contribution in [3.63, 3.8) is 0 Å². The second kappa shape index (κ2) is 3.85. The molecule has 0 unspecified atom stereocenters. The smallest absolute Gasteiger partial charge is 0.403 e. The van der Waals surface area contributed by atoms with Gasteiger partial charge in [-0.25, -0.2) is 4.39 Å². The first-order valence-electron chi connectivity index (χ1n) is 4.86. The summed E-state index contributed by atoms with van der Waals surface area (Å²) in [5.74, 6) is -1.92. The number of benzene rings is 1. The summed E-state index contributed by atoms with van der Waals surface area (Å²) < 4.78 is 52.6. The first kappa shape index (κ1) is 12.1. The molecule has 3 N–H and O–H groups in total. The second-order valence-corrected chi connectivity index (χ2v) is 3.95. The summed E-state index contributed by atoms with van der Waals surface area (Å²) in [6.07, 6.45) is -4.90. The van der Waals surface area contributed by atoms with Crippen LogP contribution in [0, 0.1) is 5.82 Å². The summed E-state index contributed by atoms with van der Waals surface area (Å²) in [5, 5.41) is 2.91. The number of alkyl halides is 3. The van der Waals surface area contributed by atoms with Gasteiger partial charge in [0.25, 0.3) is 0 Å². The molecule has 1 aromatic carbocycles. The van der Waals surface area contributed by atoms with Crippen molar-refractivity contribution in [3.05, 3.63) is 29.6 Å². The van der Waals surface area contributed by atoms with Gasteiger partial charge in [0.05, 0.1) is 5.54 Å². The Labute approximate surface area is 94.6 Å². The molecule has 1 fully saturated rings. The number of nitrogens with two attached hydrogens (primary N) is 1. The summed E-state index contributed by atoms with van der Waals surface area (Å²) in [4.78, 5) is 0. The van der Waals surface area contributed by atoms with Gasteiger partial charge in [0.15, 0.2) is 11.6 Å². The molecule has 2 rings (SSSR count). The van der Waals surface area contributed by atoms with Crippen molar-refractivity contribution < 1.29 is 22.3 Å². The third-order valence-electron chi connectivity index (χ3n) is 2.61. The molecule has 17 heavy (non-hydrogen) atoms.